The molecule has 0 amide bonds. The van der Waals surface area contributed by atoms with Gasteiger partial charge in [0.25, 0.3) is 0 Å². The lowest BCUT2D eigenvalue weighted by Crippen LogP contribution is -2.46. The third-order valence-corrected chi connectivity index (χ3v) is 4.03. The summed E-state index contributed by atoms with van der Waals surface area (Å²) in [5, 5.41) is 2.09. The van der Waals surface area contributed by atoms with Crippen LogP contribution in [0, 0.1) is 0 Å². The first-order valence-electron chi connectivity index (χ1n) is 6.13. The molecule has 3 atom stereocenters. The summed E-state index contributed by atoms with van der Waals surface area (Å²) in [6.45, 7) is 3.62. The third kappa shape index (κ3) is 3.25. The Bertz CT molecular complexity index is 331. The molecule has 5 heteroatoms. The van der Waals surface area contributed by atoms with Crippen molar-refractivity contribution < 1.29 is 4.74 Å². The van der Waals surface area contributed by atoms with Gasteiger partial charge < -0.3 is 10.5 Å². The van der Waals surface area contributed by atoms with Crippen LogP contribution < -0.4 is 5.73 Å². The molecule has 4 nitrogen and oxygen atoms in total. The minimum atomic E-state index is 0.277. The molecule has 1 aliphatic heterocycles. The van der Waals surface area contributed by atoms with Crippen LogP contribution in [0.25, 0.3) is 0 Å². The van der Waals surface area contributed by atoms with Gasteiger partial charge in [-0.15, -0.1) is 11.3 Å². The van der Waals surface area contributed by atoms with E-state index in [0.717, 1.165) is 25.1 Å². The van der Waals surface area contributed by atoms with E-state index in [0.29, 0.717) is 18.7 Å². The third-order valence-electron chi connectivity index (χ3n) is 3.40. The van der Waals surface area contributed by atoms with Gasteiger partial charge in [0.15, 0.2) is 0 Å². The van der Waals surface area contributed by atoms with Crippen LogP contribution in [-0.4, -0.2) is 41.7 Å². The van der Waals surface area contributed by atoms with E-state index >= 15 is 0 Å². The highest BCUT2D eigenvalue weighted by molar-refractivity contribution is 7.07. The van der Waals surface area contributed by atoms with Crippen molar-refractivity contribution in [2.24, 2.45) is 5.73 Å². The fourth-order valence-corrected chi connectivity index (χ4v) is 2.97. The number of rotatable bonds is 5. The molecule has 1 saturated heterocycles. The molecule has 1 aliphatic rings. The quantitative estimate of drug-likeness (QED) is 0.865. The second-order valence-corrected chi connectivity index (χ2v) is 5.48. The van der Waals surface area contributed by atoms with E-state index in [1.807, 2.05) is 5.51 Å². The Morgan fingerprint density at radius 1 is 1.65 bits per heavy atom. The average Bonchev–Trinajstić information content (AvgIpc) is 2.91. The fourth-order valence-electron chi connectivity index (χ4n) is 2.42. The van der Waals surface area contributed by atoms with Crippen molar-refractivity contribution >= 4 is 11.3 Å². The van der Waals surface area contributed by atoms with E-state index in [4.69, 9.17) is 10.5 Å². The number of thiazole rings is 1. The number of aromatic nitrogens is 1. The predicted molar refractivity (Wildman–Crippen MR) is 70.0 cm³/mol. The molecule has 0 saturated carbocycles. The first kappa shape index (κ1) is 13.0. The molecule has 0 spiro atoms. The van der Waals surface area contributed by atoms with Crippen molar-refractivity contribution in [2.45, 2.75) is 44.6 Å². The van der Waals surface area contributed by atoms with Gasteiger partial charge in [0.1, 0.15) is 0 Å². The highest BCUT2D eigenvalue weighted by Crippen LogP contribution is 2.24. The van der Waals surface area contributed by atoms with Gasteiger partial charge in [0.2, 0.25) is 0 Å². The number of ether oxygens (including phenoxy) is 1. The topological polar surface area (TPSA) is 51.4 Å². The molecule has 2 heterocycles. The highest BCUT2D eigenvalue weighted by Gasteiger charge is 2.31. The largest absolute Gasteiger partial charge is 0.374 e. The van der Waals surface area contributed by atoms with E-state index < -0.39 is 0 Å². The molecule has 1 fully saturated rings. The Balaban J connectivity index is 1.93. The van der Waals surface area contributed by atoms with Crippen molar-refractivity contribution in [1.82, 2.24) is 9.88 Å². The standard InChI is InChI=1S/C12H21N3OS/c1-9-3-4-12(16-9)11(5-13)15(2)6-10-7-17-8-14-10/h7-9,11-12H,3-6,13H2,1-2H3. The lowest BCUT2D eigenvalue weighted by atomic mass is 10.1. The Kier molecular flexibility index (Phi) is 4.50. The van der Waals surface area contributed by atoms with Crippen LogP contribution in [0.3, 0.4) is 0 Å². The van der Waals surface area contributed by atoms with Gasteiger partial charge in [-0.1, -0.05) is 0 Å². The van der Waals surface area contributed by atoms with E-state index in [-0.39, 0.29) is 6.10 Å². The molecule has 0 aliphatic carbocycles. The molecule has 0 aromatic carbocycles. The average molecular weight is 255 g/mol. The van der Waals surface area contributed by atoms with Crippen molar-refractivity contribution in [3.8, 4) is 0 Å². The molecule has 3 unspecified atom stereocenters. The lowest BCUT2D eigenvalue weighted by Gasteiger charge is -2.31. The maximum atomic E-state index is 5.92. The summed E-state index contributed by atoms with van der Waals surface area (Å²) < 4.78 is 5.92. The smallest absolute Gasteiger partial charge is 0.0795 e. The summed E-state index contributed by atoms with van der Waals surface area (Å²) in [5.74, 6) is 0. The van der Waals surface area contributed by atoms with E-state index in [2.05, 4.69) is 29.2 Å². The zero-order chi connectivity index (χ0) is 12.3. The monoisotopic (exact) mass is 255 g/mol. The zero-order valence-corrected chi connectivity index (χ0v) is 11.3. The normalized spacial score (nSPS) is 26.6. The first-order valence-corrected chi connectivity index (χ1v) is 7.07. The molecular formula is C12H21N3OS. The summed E-state index contributed by atoms with van der Waals surface area (Å²) in [5.41, 5.74) is 8.87. The van der Waals surface area contributed by atoms with Gasteiger partial charge in [-0.25, -0.2) is 4.98 Å². The summed E-state index contributed by atoms with van der Waals surface area (Å²) >= 11 is 1.63. The summed E-state index contributed by atoms with van der Waals surface area (Å²) in [6.07, 6.45) is 2.91. The van der Waals surface area contributed by atoms with Gasteiger partial charge >= 0.3 is 0 Å². The van der Waals surface area contributed by atoms with Crippen LogP contribution in [0.4, 0.5) is 0 Å². The summed E-state index contributed by atoms with van der Waals surface area (Å²) in [6, 6.07) is 0.293. The number of nitrogens with zero attached hydrogens (tertiary/aromatic N) is 2. The maximum Gasteiger partial charge on any atom is 0.0795 e. The number of hydrogen-bond acceptors (Lipinski definition) is 5. The number of likely N-dealkylation sites (N-methyl/N-ethyl adjacent to an activating group) is 1. The van der Waals surface area contributed by atoms with Crippen LogP contribution in [0.1, 0.15) is 25.5 Å². The van der Waals surface area contributed by atoms with Crippen molar-refractivity contribution in [2.75, 3.05) is 13.6 Å². The van der Waals surface area contributed by atoms with Crippen LogP contribution in [-0.2, 0) is 11.3 Å². The Labute approximate surface area is 107 Å². The number of nitrogens with two attached hydrogens (primary N) is 1. The van der Waals surface area contributed by atoms with Gasteiger partial charge in [0, 0.05) is 24.5 Å². The molecule has 1 aromatic rings. The maximum absolute atomic E-state index is 5.92. The minimum Gasteiger partial charge on any atom is -0.374 e. The van der Waals surface area contributed by atoms with Gasteiger partial charge in [-0.3, -0.25) is 4.90 Å². The predicted octanol–water partition coefficient (Wildman–Crippen LogP) is 1.47. The second kappa shape index (κ2) is 5.91. The molecule has 1 aromatic heterocycles. The Morgan fingerprint density at radius 2 is 2.47 bits per heavy atom. The molecule has 17 heavy (non-hydrogen) atoms. The lowest BCUT2D eigenvalue weighted by molar-refractivity contribution is 0.000613. The molecular weight excluding hydrogens is 234 g/mol. The van der Waals surface area contributed by atoms with E-state index in [9.17, 15) is 0 Å². The van der Waals surface area contributed by atoms with Crippen LogP contribution in [0.15, 0.2) is 10.9 Å². The molecule has 96 valence electrons. The van der Waals surface area contributed by atoms with Crippen molar-refractivity contribution in [1.29, 1.82) is 0 Å². The molecule has 2 rings (SSSR count). The number of hydrogen-bond donors (Lipinski definition) is 1. The van der Waals surface area contributed by atoms with Crippen LogP contribution in [0.2, 0.25) is 0 Å². The van der Waals surface area contributed by atoms with Crippen LogP contribution >= 0.6 is 11.3 Å². The van der Waals surface area contributed by atoms with Gasteiger partial charge in [0.05, 0.1) is 23.4 Å². The molecule has 0 radical (unpaired) electrons. The highest BCUT2D eigenvalue weighted by atomic mass is 32.1. The van der Waals surface area contributed by atoms with E-state index in [1.54, 1.807) is 11.3 Å². The SMILES string of the molecule is CC1CCC(C(CN)N(C)Cc2cscn2)O1. The zero-order valence-electron chi connectivity index (χ0n) is 10.5. The minimum absolute atomic E-state index is 0.277. The summed E-state index contributed by atoms with van der Waals surface area (Å²) in [4.78, 5) is 6.57. The first-order chi connectivity index (χ1) is 8.20. The molecule has 2 N–H and O–H groups in total. The van der Waals surface area contributed by atoms with Gasteiger partial charge in [-0.05, 0) is 26.8 Å². The Morgan fingerprint density at radius 3 is 3.00 bits per heavy atom. The Hall–Kier alpha value is -0.490. The summed E-state index contributed by atoms with van der Waals surface area (Å²) in [7, 11) is 2.10. The van der Waals surface area contributed by atoms with Crippen LogP contribution in [0.5, 0.6) is 0 Å². The van der Waals surface area contributed by atoms with Gasteiger partial charge in [-0.2, -0.15) is 0 Å². The fraction of sp³-hybridized carbons (Fsp3) is 0.750. The molecule has 0 bridgehead atoms. The van der Waals surface area contributed by atoms with Crippen molar-refractivity contribution in [3.63, 3.8) is 0 Å². The van der Waals surface area contributed by atoms with E-state index in [1.165, 1.54) is 0 Å². The second-order valence-electron chi connectivity index (χ2n) is 4.76. The van der Waals surface area contributed by atoms with Crippen molar-refractivity contribution in [3.05, 3.63) is 16.6 Å².